The van der Waals surface area contributed by atoms with E-state index in [0.717, 1.165) is 36.4 Å². The third kappa shape index (κ3) is 4.69. The Labute approximate surface area is 121 Å². The fourth-order valence-corrected chi connectivity index (χ4v) is 2.33. The summed E-state index contributed by atoms with van der Waals surface area (Å²) in [6.45, 7) is 7.00. The molecule has 1 aromatic rings. The van der Waals surface area contributed by atoms with Gasteiger partial charge in [-0.3, -0.25) is 0 Å². The van der Waals surface area contributed by atoms with Gasteiger partial charge in [0.05, 0.1) is 19.3 Å². The summed E-state index contributed by atoms with van der Waals surface area (Å²) in [5, 5.41) is 13.1. The van der Waals surface area contributed by atoms with Crippen LogP contribution in [-0.2, 0) is 6.54 Å². The molecule has 0 saturated heterocycles. The number of rotatable bonds is 6. The molecule has 0 radical (unpaired) electrons. The van der Waals surface area contributed by atoms with Crippen LogP contribution in [0.5, 0.6) is 11.5 Å². The number of aliphatic hydroxyl groups is 1. The fraction of sp³-hybridized carbons (Fsp3) is 0.625. The zero-order chi connectivity index (χ0) is 14.4. The molecule has 0 spiro atoms. The van der Waals surface area contributed by atoms with Gasteiger partial charge in [0.15, 0.2) is 11.5 Å². The molecule has 0 fully saturated rings. The van der Waals surface area contributed by atoms with E-state index in [1.165, 1.54) is 0 Å². The molecule has 2 rings (SSSR count). The van der Waals surface area contributed by atoms with Crippen LogP contribution in [0.25, 0.3) is 0 Å². The van der Waals surface area contributed by atoms with Gasteiger partial charge >= 0.3 is 0 Å². The molecule has 0 aromatic heterocycles. The van der Waals surface area contributed by atoms with Crippen molar-refractivity contribution in [2.45, 2.75) is 39.3 Å². The lowest BCUT2D eigenvalue weighted by molar-refractivity contribution is 0.146. The molecule has 1 heterocycles. The average Bonchev–Trinajstić information content (AvgIpc) is 2.62. The van der Waals surface area contributed by atoms with E-state index in [-0.39, 0.29) is 6.10 Å². The normalized spacial score (nSPS) is 16.0. The summed E-state index contributed by atoms with van der Waals surface area (Å²) in [6.07, 6.45) is 1.47. The van der Waals surface area contributed by atoms with Gasteiger partial charge < -0.3 is 19.9 Å². The van der Waals surface area contributed by atoms with Crippen LogP contribution in [-0.4, -0.2) is 31.0 Å². The molecule has 112 valence electrons. The van der Waals surface area contributed by atoms with E-state index < -0.39 is 0 Å². The van der Waals surface area contributed by atoms with Gasteiger partial charge in [0.2, 0.25) is 0 Å². The maximum Gasteiger partial charge on any atom is 0.161 e. The molecule has 0 aliphatic carbocycles. The zero-order valence-electron chi connectivity index (χ0n) is 12.4. The van der Waals surface area contributed by atoms with E-state index in [0.29, 0.717) is 25.7 Å². The monoisotopic (exact) mass is 279 g/mol. The summed E-state index contributed by atoms with van der Waals surface area (Å²) >= 11 is 0. The van der Waals surface area contributed by atoms with Gasteiger partial charge in [-0.15, -0.1) is 0 Å². The van der Waals surface area contributed by atoms with E-state index in [4.69, 9.17) is 9.47 Å². The van der Waals surface area contributed by atoms with Crippen LogP contribution in [0.3, 0.4) is 0 Å². The summed E-state index contributed by atoms with van der Waals surface area (Å²) in [5.41, 5.74) is 1.14. The van der Waals surface area contributed by atoms with Crippen molar-refractivity contribution < 1.29 is 14.6 Å². The van der Waals surface area contributed by atoms with Crippen molar-refractivity contribution in [2.24, 2.45) is 5.92 Å². The molecule has 1 atom stereocenters. The minimum atomic E-state index is -0.282. The van der Waals surface area contributed by atoms with Crippen LogP contribution < -0.4 is 14.8 Å². The van der Waals surface area contributed by atoms with Crippen LogP contribution in [0.2, 0.25) is 0 Å². The molecule has 0 saturated carbocycles. The highest BCUT2D eigenvalue weighted by Gasteiger charge is 2.11. The molecule has 4 nitrogen and oxygen atoms in total. The maximum absolute atomic E-state index is 9.82. The Hall–Kier alpha value is -1.26. The number of hydrogen-bond donors (Lipinski definition) is 2. The molecule has 0 amide bonds. The Morgan fingerprint density at radius 1 is 1.20 bits per heavy atom. The molecule has 0 bridgehead atoms. The standard InChI is InChI=1S/C16H25NO3/c1-12(2)8-14(18)11-17-10-13-4-5-15-16(9-13)20-7-3-6-19-15/h4-5,9,12,14,17-18H,3,6-8,10-11H2,1-2H3. The van der Waals surface area contributed by atoms with Crippen LogP contribution in [0.4, 0.5) is 0 Å². The largest absolute Gasteiger partial charge is 0.490 e. The second-order valence-corrected chi connectivity index (χ2v) is 5.75. The molecule has 2 N–H and O–H groups in total. The summed E-state index contributed by atoms with van der Waals surface area (Å²) < 4.78 is 11.3. The van der Waals surface area contributed by atoms with Crippen LogP contribution in [0, 0.1) is 5.92 Å². The SMILES string of the molecule is CC(C)CC(O)CNCc1ccc2c(c1)OCCCO2. The topological polar surface area (TPSA) is 50.7 Å². The molecule has 1 aromatic carbocycles. The quantitative estimate of drug-likeness (QED) is 0.839. The third-order valence-corrected chi connectivity index (χ3v) is 3.26. The zero-order valence-corrected chi connectivity index (χ0v) is 12.4. The number of nitrogens with one attached hydrogen (secondary N) is 1. The van der Waals surface area contributed by atoms with Gasteiger partial charge in [-0.1, -0.05) is 19.9 Å². The molecular formula is C16H25NO3. The van der Waals surface area contributed by atoms with Crippen LogP contribution in [0.1, 0.15) is 32.3 Å². The van der Waals surface area contributed by atoms with Gasteiger partial charge in [-0.25, -0.2) is 0 Å². The van der Waals surface area contributed by atoms with Crippen molar-refractivity contribution in [3.63, 3.8) is 0 Å². The van der Waals surface area contributed by atoms with Crippen molar-refractivity contribution in [1.82, 2.24) is 5.32 Å². The average molecular weight is 279 g/mol. The Morgan fingerprint density at radius 3 is 2.70 bits per heavy atom. The van der Waals surface area contributed by atoms with E-state index in [1.54, 1.807) is 0 Å². The Morgan fingerprint density at radius 2 is 1.95 bits per heavy atom. The highest BCUT2D eigenvalue weighted by molar-refractivity contribution is 5.43. The van der Waals surface area contributed by atoms with Gasteiger partial charge in [-0.05, 0) is 30.0 Å². The maximum atomic E-state index is 9.82. The van der Waals surface area contributed by atoms with E-state index >= 15 is 0 Å². The lowest BCUT2D eigenvalue weighted by Gasteiger charge is -2.14. The summed E-state index contributed by atoms with van der Waals surface area (Å²) in [5.74, 6) is 2.17. The van der Waals surface area contributed by atoms with E-state index in [9.17, 15) is 5.11 Å². The highest BCUT2D eigenvalue weighted by atomic mass is 16.5. The number of hydrogen-bond acceptors (Lipinski definition) is 4. The molecular weight excluding hydrogens is 254 g/mol. The van der Waals surface area contributed by atoms with E-state index in [1.807, 2.05) is 18.2 Å². The minimum Gasteiger partial charge on any atom is -0.490 e. The predicted molar refractivity (Wildman–Crippen MR) is 79.2 cm³/mol. The van der Waals surface area contributed by atoms with Crippen LogP contribution in [0.15, 0.2) is 18.2 Å². The first kappa shape index (κ1) is 15.1. The van der Waals surface area contributed by atoms with Gasteiger partial charge in [0.25, 0.3) is 0 Å². The first-order valence-electron chi connectivity index (χ1n) is 7.42. The first-order chi connectivity index (χ1) is 9.65. The number of ether oxygens (including phenoxy) is 2. The minimum absolute atomic E-state index is 0.282. The molecule has 1 unspecified atom stereocenters. The Kier molecular flexibility index (Phi) is 5.68. The fourth-order valence-electron chi connectivity index (χ4n) is 2.33. The summed E-state index contributed by atoms with van der Waals surface area (Å²) in [6, 6.07) is 6.01. The van der Waals surface area contributed by atoms with Gasteiger partial charge in [0.1, 0.15) is 0 Å². The van der Waals surface area contributed by atoms with Crippen molar-refractivity contribution in [3.8, 4) is 11.5 Å². The van der Waals surface area contributed by atoms with Crippen molar-refractivity contribution in [1.29, 1.82) is 0 Å². The van der Waals surface area contributed by atoms with Crippen molar-refractivity contribution in [3.05, 3.63) is 23.8 Å². The number of benzene rings is 1. The Balaban J connectivity index is 1.83. The molecule has 20 heavy (non-hydrogen) atoms. The second-order valence-electron chi connectivity index (χ2n) is 5.75. The van der Waals surface area contributed by atoms with Crippen molar-refractivity contribution >= 4 is 0 Å². The van der Waals surface area contributed by atoms with Gasteiger partial charge in [0, 0.05) is 19.5 Å². The van der Waals surface area contributed by atoms with Crippen molar-refractivity contribution in [2.75, 3.05) is 19.8 Å². The summed E-state index contributed by atoms with van der Waals surface area (Å²) in [4.78, 5) is 0. The molecule has 4 heteroatoms. The Bertz CT molecular complexity index is 420. The van der Waals surface area contributed by atoms with E-state index in [2.05, 4.69) is 19.2 Å². The molecule has 1 aliphatic heterocycles. The summed E-state index contributed by atoms with van der Waals surface area (Å²) in [7, 11) is 0. The lowest BCUT2D eigenvalue weighted by Crippen LogP contribution is -2.27. The second kappa shape index (κ2) is 7.50. The van der Waals surface area contributed by atoms with Gasteiger partial charge in [-0.2, -0.15) is 0 Å². The highest BCUT2D eigenvalue weighted by Crippen LogP contribution is 2.30. The first-order valence-corrected chi connectivity index (χ1v) is 7.42. The third-order valence-electron chi connectivity index (χ3n) is 3.26. The molecule has 1 aliphatic rings. The van der Waals surface area contributed by atoms with Crippen LogP contribution >= 0.6 is 0 Å². The lowest BCUT2D eigenvalue weighted by atomic mass is 10.1. The predicted octanol–water partition coefficient (Wildman–Crippen LogP) is 2.34. The number of aliphatic hydroxyl groups excluding tert-OH is 1. The number of fused-ring (bicyclic) bond motifs is 1. The smallest absolute Gasteiger partial charge is 0.161 e.